The van der Waals surface area contributed by atoms with E-state index in [4.69, 9.17) is 9.29 Å². The van der Waals surface area contributed by atoms with Crippen molar-refractivity contribution in [1.82, 2.24) is 0 Å². The van der Waals surface area contributed by atoms with E-state index in [9.17, 15) is 12.8 Å². The number of halogens is 1. The maximum Gasteiger partial charge on any atom is 0.298 e. The van der Waals surface area contributed by atoms with Crippen LogP contribution in [0, 0.1) is 5.82 Å². The molecule has 94 valence electrons. The molecular weight excluding hydrogens is 259 g/mol. The van der Waals surface area contributed by atoms with Crippen LogP contribution in [0.1, 0.15) is 0 Å². The maximum absolute atomic E-state index is 12.7. The average Bonchev–Trinajstić information content (AvgIpc) is 2.31. The van der Waals surface area contributed by atoms with Gasteiger partial charge in [0.25, 0.3) is 10.1 Å². The van der Waals surface area contributed by atoms with Crippen LogP contribution in [0.15, 0.2) is 53.4 Å². The molecule has 0 unspecified atom stereocenters. The van der Waals surface area contributed by atoms with Gasteiger partial charge in [0, 0.05) is 0 Å². The van der Waals surface area contributed by atoms with E-state index in [2.05, 4.69) is 0 Å². The van der Waals surface area contributed by atoms with E-state index in [1.807, 2.05) is 0 Å². The van der Waals surface area contributed by atoms with E-state index in [-0.39, 0.29) is 16.4 Å². The lowest BCUT2D eigenvalue weighted by Gasteiger charge is -2.08. The summed E-state index contributed by atoms with van der Waals surface area (Å²) in [6.45, 7) is 0. The zero-order valence-corrected chi connectivity index (χ0v) is 9.89. The summed E-state index contributed by atoms with van der Waals surface area (Å²) in [7, 11) is -4.36. The van der Waals surface area contributed by atoms with Crippen LogP contribution in [0.3, 0.4) is 0 Å². The first-order valence-electron chi connectivity index (χ1n) is 4.97. The second-order valence-electron chi connectivity index (χ2n) is 3.48. The molecule has 18 heavy (non-hydrogen) atoms. The molecule has 0 fully saturated rings. The Morgan fingerprint density at radius 3 is 2.22 bits per heavy atom. The molecule has 2 aromatic carbocycles. The van der Waals surface area contributed by atoms with Crippen molar-refractivity contribution in [2.45, 2.75) is 4.90 Å². The van der Waals surface area contributed by atoms with Crippen LogP contribution in [0.4, 0.5) is 4.39 Å². The Labute approximate surface area is 103 Å². The maximum atomic E-state index is 12.7. The van der Waals surface area contributed by atoms with Crippen LogP contribution >= 0.6 is 0 Å². The number of hydrogen-bond donors (Lipinski definition) is 1. The molecule has 0 heterocycles. The van der Waals surface area contributed by atoms with Crippen molar-refractivity contribution in [2.75, 3.05) is 0 Å². The van der Waals surface area contributed by atoms with Crippen molar-refractivity contribution in [3.05, 3.63) is 54.3 Å². The molecule has 0 spiro atoms. The van der Waals surface area contributed by atoms with Gasteiger partial charge in [-0.3, -0.25) is 4.55 Å². The summed E-state index contributed by atoms with van der Waals surface area (Å²) in [6.07, 6.45) is 0. The Morgan fingerprint density at radius 1 is 1.00 bits per heavy atom. The third-order valence-corrected chi connectivity index (χ3v) is 3.06. The van der Waals surface area contributed by atoms with Crippen molar-refractivity contribution >= 4 is 10.1 Å². The lowest BCUT2D eigenvalue weighted by molar-refractivity contribution is 0.449. The highest BCUT2D eigenvalue weighted by atomic mass is 32.2. The van der Waals surface area contributed by atoms with Gasteiger partial charge in [-0.05, 0) is 36.4 Å². The molecule has 0 aliphatic heterocycles. The standard InChI is InChI=1S/C12H9FO4S/c13-9-5-7-10(8-6-9)17-11-3-1-2-4-12(11)18(14,15)16/h1-8H,(H,14,15,16). The quantitative estimate of drug-likeness (QED) is 0.869. The molecule has 0 radical (unpaired) electrons. The summed E-state index contributed by atoms with van der Waals surface area (Å²) in [4.78, 5) is -0.339. The Hall–Kier alpha value is -1.92. The van der Waals surface area contributed by atoms with Crippen molar-refractivity contribution in [2.24, 2.45) is 0 Å². The molecule has 2 aromatic rings. The molecule has 1 N–H and O–H groups in total. The minimum Gasteiger partial charge on any atom is -0.456 e. The number of rotatable bonds is 3. The second-order valence-corrected chi connectivity index (χ2v) is 4.87. The number of para-hydroxylation sites is 1. The largest absolute Gasteiger partial charge is 0.456 e. The lowest BCUT2D eigenvalue weighted by Crippen LogP contribution is -2.00. The van der Waals surface area contributed by atoms with E-state index in [0.29, 0.717) is 0 Å². The molecule has 0 aliphatic carbocycles. The van der Waals surface area contributed by atoms with Gasteiger partial charge in [0.2, 0.25) is 0 Å². The van der Waals surface area contributed by atoms with E-state index in [0.717, 1.165) is 0 Å². The molecule has 0 bridgehead atoms. The Balaban J connectivity index is 2.38. The first-order chi connectivity index (χ1) is 8.47. The van der Waals surface area contributed by atoms with Crippen molar-refractivity contribution in [3.8, 4) is 11.5 Å². The molecule has 4 nitrogen and oxygen atoms in total. The molecule has 0 saturated heterocycles. The normalized spacial score (nSPS) is 11.2. The third kappa shape index (κ3) is 2.85. The fourth-order valence-corrected chi connectivity index (χ4v) is 1.99. The van der Waals surface area contributed by atoms with E-state index in [1.54, 1.807) is 6.07 Å². The number of benzene rings is 2. The number of ether oxygens (including phenoxy) is 1. The monoisotopic (exact) mass is 268 g/mol. The minimum absolute atomic E-state index is 0.0217. The van der Waals surface area contributed by atoms with Crippen LogP contribution in [-0.2, 0) is 10.1 Å². The Bertz CT molecular complexity index is 650. The highest BCUT2D eigenvalue weighted by molar-refractivity contribution is 7.86. The predicted octanol–water partition coefficient (Wildman–Crippen LogP) is 2.86. The third-order valence-electron chi connectivity index (χ3n) is 2.17. The predicted molar refractivity (Wildman–Crippen MR) is 62.7 cm³/mol. The van der Waals surface area contributed by atoms with Gasteiger partial charge in [0.15, 0.2) is 0 Å². The molecule has 0 saturated carbocycles. The average molecular weight is 268 g/mol. The summed E-state index contributed by atoms with van der Waals surface area (Å²) < 4.78 is 49.2. The van der Waals surface area contributed by atoms with E-state index < -0.39 is 15.9 Å². The van der Waals surface area contributed by atoms with Gasteiger partial charge in [0.1, 0.15) is 22.2 Å². The molecule has 0 aromatic heterocycles. The highest BCUT2D eigenvalue weighted by Crippen LogP contribution is 2.28. The van der Waals surface area contributed by atoms with Crippen LogP contribution < -0.4 is 4.74 Å². The number of hydrogen-bond acceptors (Lipinski definition) is 3. The molecular formula is C12H9FO4S. The van der Waals surface area contributed by atoms with Gasteiger partial charge in [-0.1, -0.05) is 12.1 Å². The first kappa shape index (κ1) is 12.5. The summed E-state index contributed by atoms with van der Waals surface area (Å²) in [6, 6.07) is 10.7. The second kappa shape index (κ2) is 4.75. The lowest BCUT2D eigenvalue weighted by atomic mass is 10.3. The zero-order chi connectivity index (χ0) is 13.2. The topological polar surface area (TPSA) is 63.6 Å². The van der Waals surface area contributed by atoms with Gasteiger partial charge in [-0.15, -0.1) is 0 Å². The molecule has 2 rings (SSSR count). The summed E-state index contributed by atoms with van der Waals surface area (Å²) in [5.41, 5.74) is 0. The Kier molecular flexibility index (Phi) is 3.31. The summed E-state index contributed by atoms with van der Waals surface area (Å²) >= 11 is 0. The molecule has 0 aliphatic rings. The van der Waals surface area contributed by atoms with Crippen molar-refractivity contribution in [3.63, 3.8) is 0 Å². The molecule has 0 amide bonds. The molecule has 0 atom stereocenters. The van der Waals surface area contributed by atoms with Gasteiger partial charge in [-0.2, -0.15) is 8.42 Å². The highest BCUT2D eigenvalue weighted by Gasteiger charge is 2.16. The van der Waals surface area contributed by atoms with Gasteiger partial charge in [-0.25, -0.2) is 4.39 Å². The van der Waals surface area contributed by atoms with Crippen LogP contribution in [-0.4, -0.2) is 13.0 Å². The SMILES string of the molecule is O=S(=O)(O)c1ccccc1Oc1ccc(F)cc1. The summed E-state index contributed by atoms with van der Waals surface area (Å²) in [5, 5.41) is 0. The van der Waals surface area contributed by atoms with Gasteiger partial charge < -0.3 is 4.74 Å². The Morgan fingerprint density at radius 2 is 1.61 bits per heavy atom. The van der Waals surface area contributed by atoms with Crippen LogP contribution in [0.2, 0.25) is 0 Å². The van der Waals surface area contributed by atoms with E-state index >= 15 is 0 Å². The zero-order valence-electron chi connectivity index (χ0n) is 9.08. The van der Waals surface area contributed by atoms with E-state index in [1.165, 1.54) is 42.5 Å². The van der Waals surface area contributed by atoms with Gasteiger partial charge in [0.05, 0.1) is 0 Å². The smallest absolute Gasteiger partial charge is 0.298 e. The summed E-state index contributed by atoms with van der Waals surface area (Å²) in [5.74, 6) is -0.176. The van der Waals surface area contributed by atoms with Crippen molar-refractivity contribution < 1.29 is 22.1 Å². The minimum atomic E-state index is -4.36. The van der Waals surface area contributed by atoms with Crippen LogP contribution in [0.25, 0.3) is 0 Å². The molecule has 6 heteroatoms. The van der Waals surface area contributed by atoms with Crippen LogP contribution in [0.5, 0.6) is 11.5 Å². The fourth-order valence-electron chi connectivity index (χ4n) is 1.38. The van der Waals surface area contributed by atoms with Gasteiger partial charge >= 0.3 is 0 Å². The first-order valence-corrected chi connectivity index (χ1v) is 6.41. The fraction of sp³-hybridized carbons (Fsp3) is 0. The van der Waals surface area contributed by atoms with Crippen molar-refractivity contribution in [1.29, 1.82) is 0 Å².